The fourth-order valence-corrected chi connectivity index (χ4v) is 4.78. The van der Waals surface area contributed by atoms with Crippen molar-refractivity contribution in [2.45, 2.75) is 18.4 Å². The first-order valence-corrected chi connectivity index (χ1v) is 9.52. The first kappa shape index (κ1) is 17.3. The number of carbonyl (C=O) groups is 2. The maximum atomic E-state index is 12.7. The van der Waals surface area contributed by atoms with E-state index in [0.29, 0.717) is 13.0 Å². The molecule has 0 spiro atoms. The first-order valence-electron chi connectivity index (χ1n) is 9.52. The molecule has 2 aromatic carbocycles. The van der Waals surface area contributed by atoms with Gasteiger partial charge in [0, 0.05) is 12.5 Å². The number of carboxylic acid groups (broad SMARTS) is 1. The molecule has 2 heterocycles. The molecule has 2 unspecified atom stereocenters. The summed E-state index contributed by atoms with van der Waals surface area (Å²) in [6.07, 6.45) is -0.247. The van der Waals surface area contributed by atoms with Gasteiger partial charge in [0.15, 0.2) is 0 Å². The summed E-state index contributed by atoms with van der Waals surface area (Å²) in [7, 11) is 0. The lowest BCUT2D eigenvalue weighted by Crippen LogP contribution is -2.51. The molecular formula is C22H21NO5. The topological polar surface area (TPSA) is 76.1 Å². The number of carboxylic acids is 1. The maximum Gasteiger partial charge on any atom is 0.409 e. The number of carbonyl (C=O) groups excluding carboxylic acids is 1. The van der Waals surface area contributed by atoms with E-state index in [1.54, 1.807) is 0 Å². The van der Waals surface area contributed by atoms with E-state index in [1.165, 1.54) is 16.0 Å². The van der Waals surface area contributed by atoms with Gasteiger partial charge < -0.3 is 19.5 Å². The van der Waals surface area contributed by atoms with Gasteiger partial charge in [-0.15, -0.1) is 0 Å². The van der Waals surface area contributed by atoms with Gasteiger partial charge in [0.25, 0.3) is 0 Å². The van der Waals surface area contributed by atoms with Crippen LogP contribution in [-0.2, 0) is 14.3 Å². The van der Waals surface area contributed by atoms with Crippen LogP contribution in [0.1, 0.15) is 23.5 Å². The fourth-order valence-electron chi connectivity index (χ4n) is 4.78. The Balaban J connectivity index is 1.33. The summed E-state index contributed by atoms with van der Waals surface area (Å²) in [4.78, 5) is 25.9. The molecule has 1 N–H and O–H groups in total. The third-order valence-electron chi connectivity index (χ3n) is 6.18. The second-order valence-corrected chi connectivity index (χ2v) is 7.91. The van der Waals surface area contributed by atoms with Crippen LogP contribution >= 0.6 is 0 Å². The fraction of sp³-hybridized carbons (Fsp3) is 0.364. The number of nitrogens with zero attached hydrogens (tertiary/aromatic N) is 1. The van der Waals surface area contributed by atoms with Crippen molar-refractivity contribution in [1.82, 2.24) is 4.90 Å². The summed E-state index contributed by atoms with van der Waals surface area (Å²) >= 11 is 0. The summed E-state index contributed by atoms with van der Waals surface area (Å²) in [5.74, 6) is -0.923. The van der Waals surface area contributed by atoms with Crippen LogP contribution in [0.5, 0.6) is 0 Å². The number of ether oxygens (including phenoxy) is 2. The molecule has 28 heavy (non-hydrogen) atoms. The molecule has 0 saturated carbocycles. The molecule has 1 aliphatic carbocycles. The van der Waals surface area contributed by atoms with Crippen LogP contribution in [0.25, 0.3) is 11.1 Å². The normalized spacial score (nSPS) is 25.3. The molecule has 2 aromatic rings. The van der Waals surface area contributed by atoms with Gasteiger partial charge in [-0.05, 0) is 28.7 Å². The smallest absolute Gasteiger partial charge is 0.409 e. The highest BCUT2D eigenvalue weighted by Gasteiger charge is 2.53. The molecule has 2 atom stereocenters. The molecule has 2 aliphatic heterocycles. The average molecular weight is 379 g/mol. The largest absolute Gasteiger partial charge is 0.481 e. The van der Waals surface area contributed by atoms with Gasteiger partial charge in [0.05, 0.1) is 19.3 Å². The number of likely N-dealkylation sites (tertiary alicyclic amines) is 1. The first-order chi connectivity index (χ1) is 13.6. The number of aliphatic carboxylic acids is 1. The minimum Gasteiger partial charge on any atom is -0.481 e. The van der Waals surface area contributed by atoms with Gasteiger partial charge in [0.2, 0.25) is 0 Å². The highest BCUT2D eigenvalue weighted by molar-refractivity contribution is 5.80. The van der Waals surface area contributed by atoms with E-state index >= 15 is 0 Å². The standard InChI is InChI=1S/C22H21NO5/c24-20(25)22-9-14(28-13-22)10-23(12-22)21(26)27-11-19-17-7-3-1-5-15(17)16-6-2-4-8-18(16)19/h1-8,14,19H,9-13H2,(H,24,25). The molecule has 5 rings (SSSR count). The second kappa shape index (κ2) is 6.34. The molecule has 2 fully saturated rings. The van der Waals surface area contributed by atoms with Crippen LogP contribution in [0.15, 0.2) is 48.5 Å². The molecule has 144 valence electrons. The molecule has 6 heteroatoms. The Morgan fingerprint density at radius 2 is 1.75 bits per heavy atom. The minimum absolute atomic E-state index is 0.0115. The Labute approximate surface area is 162 Å². The second-order valence-electron chi connectivity index (χ2n) is 7.91. The average Bonchev–Trinajstić information content (AvgIpc) is 3.21. The summed E-state index contributed by atoms with van der Waals surface area (Å²) in [6, 6.07) is 16.3. The Morgan fingerprint density at radius 1 is 1.11 bits per heavy atom. The SMILES string of the molecule is O=C(OCC1c2ccccc2-c2ccccc21)N1CC2CC(C(=O)O)(CO2)C1. The molecule has 2 bridgehead atoms. The summed E-state index contributed by atoms with van der Waals surface area (Å²) in [5, 5.41) is 9.58. The highest BCUT2D eigenvalue weighted by atomic mass is 16.6. The van der Waals surface area contributed by atoms with Gasteiger partial charge in [-0.25, -0.2) is 4.79 Å². The number of hydrogen-bond donors (Lipinski definition) is 1. The molecule has 1 amide bonds. The van der Waals surface area contributed by atoms with E-state index in [-0.39, 0.29) is 31.8 Å². The van der Waals surface area contributed by atoms with Crippen LogP contribution in [0.2, 0.25) is 0 Å². The molecule has 3 aliphatic rings. The lowest BCUT2D eigenvalue weighted by atomic mass is 9.82. The van der Waals surface area contributed by atoms with Crippen molar-refractivity contribution < 1.29 is 24.2 Å². The summed E-state index contributed by atoms with van der Waals surface area (Å²) in [6.45, 7) is 0.899. The number of benzene rings is 2. The van der Waals surface area contributed by atoms with Crippen LogP contribution < -0.4 is 0 Å². The molecule has 6 nitrogen and oxygen atoms in total. The highest BCUT2D eigenvalue weighted by Crippen LogP contribution is 2.45. The number of rotatable bonds is 3. The Morgan fingerprint density at radius 3 is 2.39 bits per heavy atom. The predicted molar refractivity (Wildman–Crippen MR) is 101 cm³/mol. The van der Waals surface area contributed by atoms with E-state index in [4.69, 9.17) is 9.47 Å². The van der Waals surface area contributed by atoms with Gasteiger partial charge in [-0.3, -0.25) is 4.79 Å². The van der Waals surface area contributed by atoms with Crippen molar-refractivity contribution in [2.75, 3.05) is 26.3 Å². The minimum atomic E-state index is -1.01. The Bertz CT molecular complexity index is 912. The lowest BCUT2D eigenvalue weighted by Gasteiger charge is -2.35. The van der Waals surface area contributed by atoms with Crippen LogP contribution in [-0.4, -0.2) is 54.5 Å². The van der Waals surface area contributed by atoms with Crippen molar-refractivity contribution in [3.8, 4) is 11.1 Å². The molecule has 2 saturated heterocycles. The van der Waals surface area contributed by atoms with Gasteiger partial charge in [-0.2, -0.15) is 0 Å². The van der Waals surface area contributed by atoms with Crippen LogP contribution in [0.3, 0.4) is 0 Å². The van der Waals surface area contributed by atoms with Crippen molar-refractivity contribution >= 4 is 12.1 Å². The number of fused-ring (bicyclic) bond motifs is 5. The predicted octanol–water partition coefficient (Wildman–Crippen LogP) is 3.11. The third-order valence-corrected chi connectivity index (χ3v) is 6.18. The lowest BCUT2D eigenvalue weighted by molar-refractivity contribution is -0.150. The quantitative estimate of drug-likeness (QED) is 0.887. The maximum absolute atomic E-state index is 12.7. The van der Waals surface area contributed by atoms with E-state index in [0.717, 1.165) is 11.1 Å². The van der Waals surface area contributed by atoms with Gasteiger partial charge in [0.1, 0.15) is 12.0 Å². The third kappa shape index (κ3) is 2.59. The van der Waals surface area contributed by atoms with E-state index in [9.17, 15) is 14.7 Å². The zero-order valence-corrected chi connectivity index (χ0v) is 15.3. The Hall–Kier alpha value is -2.86. The summed E-state index contributed by atoms with van der Waals surface area (Å²) < 4.78 is 11.2. The number of amides is 1. The van der Waals surface area contributed by atoms with Gasteiger partial charge >= 0.3 is 12.1 Å². The molecule has 0 aromatic heterocycles. The van der Waals surface area contributed by atoms with Crippen molar-refractivity contribution in [3.63, 3.8) is 0 Å². The zero-order chi connectivity index (χ0) is 19.3. The van der Waals surface area contributed by atoms with Crippen LogP contribution in [0, 0.1) is 5.41 Å². The molecule has 0 radical (unpaired) electrons. The van der Waals surface area contributed by atoms with Gasteiger partial charge in [-0.1, -0.05) is 48.5 Å². The van der Waals surface area contributed by atoms with E-state index in [1.807, 2.05) is 24.3 Å². The number of piperidine rings is 1. The summed E-state index contributed by atoms with van der Waals surface area (Å²) in [5.41, 5.74) is 3.65. The van der Waals surface area contributed by atoms with Crippen molar-refractivity contribution in [3.05, 3.63) is 59.7 Å². The van der Waals surface area contributed by atoms with Crippen molar-refractivity contribution in [1.29, 1.82) is 0 Å². The Kier molecular flexibility index (Phi) is 3.91. The number of hydrogen-bond acceptors (Lipinski definition) is 4. The molecular weight excluding hydrogens is 358 g/mol. The van der Waals surface area contributed by atoms with Crippen molar-refractivity contribution in [2.24, 2.45) is 5.41 Å². The zero-order valence-electron chi connectivity index (χ0n) is 15.3. The monoisotopic (exact) mass is 379 g/mol. The van der Waals surface area contributed by atoms with E-state index in [2.05, 4.69) is 24.3 Å². The van der Waals surface area contributed by atoms with Crippen LogP contribution in [0.4, 0.5) is 4.79 Å². The van der Waals surface area contributed by atoms with E-state index < -0.39 is 17.5 Å².